The number of rotatable bonds is 10. The predicted octanol–water partition coefficient (Wildman–Crippen LogP) is 0.106. The second-order valence-electron chi connectivity index (χ2n) is 4.57. The molecule has 0 aliphatic carbocycles. The van der Waals surface area contributed by atoms with Gasteiger partial charge >= 0.3 is 0 Å². The highest BCUT2D eigenvalue weighted by molar-refractivity contribution is 7.91. The van der Waals surface area contributed by atoms with E-state index < -0.39 is 10.0 Å². The Morgan fingerprint density at radius 3 is 2.75 bits per heavy atom. The first-order chi connectivity index (χ1) is 9.45. The maximum absolute atomic E-state index is 12.0. The van der Waals surface area contributed by atoms with E-state index in [2.05, 4.69) is 4.72 Å². The highest BCUT2D eigenvalue weighted by Gasteiger charge is 2.15. The molecule has 0 aromatic carbocycles. The van der Waals surface area contributed by atoms with Crippen LogP contribution in [-0.2, 0) is 21.2 Å². The van der Waals surface area contributed by atoms with Crippen molar-refractivity contribution < 1.29 is 13.2 Å². The van der Waals surface area contributed by atoms with Crippen LogP contribution in [0.1, 0.15) is 4.88 Å². The number of nitrogens with zero attached hydrogens (tertiary/aromatic N) is 1. The molecule has 1 aromatic rings. The molecule has 0 radical (unpaired) electrons. The van der Waals surface area contributed by atoms with Gasteiger partial charge in [0.05, 0.1) is 13.2 Å². The molecule has 0 aliphatic rings. The molecule has 0 amide bonds. The van der Waals surface area contributed by atoms with Gasteiger partial charge in [-0.15, -0.1) is 11.3 Å². The minimum absolute atomic E-state index is 0.278. The number of nitrogens with two attached hydrogens (primary N) is 1. The van der Waals surface area contributed by atoms with Crippen LogP contribution < -0.4 is 10.5 Å². The third-order valence-electron chi connectivity index (χ3n) is 2.51. The first-order valence-corrected chi connectivity index (χ1v) is 8.76. The summed E-state index contributed by atoms with van der Waals surface area (Å²) < 4.78 is 32.2. The zero-order valence-corrected chi connectivity index (χ0v) is 13.6. The molecule has 6 nitrogen and oxygen atoms in total. The number of ether oxygens (including phenoxy) is 1. The van der Waals surface area contributed by atoms with Crippen LogP contribution >= 0.6 is 11.3 Å². The molecule has 0 aliphatic heterocycles. The lowest BCUT2D eigenvalue weighted by atomic mass is 10.3. The molecule has 0 saturated heterocycles. The van der Waals surface area contributed by atoms with Crippen LogP contribution in [0.15, 0.2) is 16.3 Å². The molecule has 0 unspecified atom stereocenters. The minimum atomic E-state index is -3.42. The van der Waals surface area contributed by atoms with Gasteiger partial charge in [0.25, 0.3) is 0 Å². The Bertz CT molecular complexity index is 486. The summed E-state index contributed by atoms with van der Waals surface area (Å²) in [5.41, 5.74) is 5.45. The Labute approximate surface area is 125 Å². The number of likely N-dealkylation sites (N-methyl/N-ethyl adjacent to an activating group) is 1. The van der Waals surface area contributed by atoms with Gasteiger partial charge in [-0.25, -0.2) is 13.1 Å². The minimum Gasteiger partial charge on any atom is -0.379 e. The maximum Gasteiger partial charge on any atom is 0.250 e. The van der Waals surface area contributed by atoms with Crippen LogP contribution in [0.25, 0.3) is 0 Å². The summed E-state index contributed by atoms with van der Waals surface area (Å²) in [5, 5.41) is 0. The molecule has 0 fully saturated rings. The topological polar surface area (TPSA) is 84.7 Å². The zero-order chi connectivity index (χ0) is 15.0. The molecule has 3 N–H and O–H groups in total. The molecule has 0 atom stereocenters. The van der Waals surface area contributed by atoms with E-state index in [9.17, 15) is 8.42 Å². The maximum atomic E-state index is 12.0. The van der Waals surface area contributed by atoms with Gasteiger partial charge in [0.15, 0.2) is 0 Å². The standard InChI is InChI=1S/C12H23N3O3S2/c1-15(2)8-10-18-9-7-14-20(16,17)12-4-3-11(19-12)5-6-13/h3-4,14H,5-10,13H2,1-2H3. The lowest BCUT2D eigenvalue weighted by Gasteiger charge is -2.10. The first kappa shape index (κ1) is 17.5. The van der Waals surface area contributed by atoms with E-state index in [0.29, 0.717) is 30.4 Å². The van der Waals surface area contributed by atoms with Crippen molar-refractivity contribution in [3.8, 4) is 0 Å². The monoisotopic (exact) mass is 321 g/mol. The Morgan fingerprint density at radius 2 is 2.10 bits per heavy atom. The molecule has 1 rings (SSSR count). The van der Waals surface area contributed by atoms with Crippen molar-refractivity contribution in [2.24, 2.45) is 5.73 Å². The van der Waals surface area contributed by atoms with Crippen LogP contribution in [0, 0.1) is 0 Å². The van der Waals surface area contributed by atoms with Gasteiger partial charge in [-0.3, -0.25) is 0 Å². The summed E-state index contributed by atoms with van der Waals surface area (Å²) in [4.78, 5) is 2.99. The van der Waals surface area contributed by atoms with Crippen LogP contribution in [0.3, 0.4) is 0 Å². The average Bonchev–Trinajstić information content (AvgIpc) is 2.83. The molecular formula is C12H23N3O3S2. The second kappa shape index (κ2) is 8.71. The van der Waals surface area contributed by atoms with E-state index in [0.717, 1.165) is 11.4 Å². The van der Waals surface area contributed by atoms with Crippen molar-refractivity contribution in [2.75, 3.05) is 46.9 Å². The summed E-state index contributed by atoms with van der Waals surface area (Å²) in [7, 11) is 0.496. The number of thiophene rings is 1. The fourth-order valence-corrected chi connectivity index (χ4v) is 3.88. The Balaban J connectivity index is 2.33. The Hall–Kier alpha value is -0.510. The number of sulfonamides is 1. The predicted molar refractivity (Wildman–Crippen MR) is 81.6 cm³/mol. The fraction of sp³-hybridized carbons (Fsp3) is 0.667. The van der Waals surface area contributed by atoms with Gasteiger partial charge in [-0.2, -0.15) is 0 Å². The van der Waals surface area contributed by atoms with Crippen LogP contribution in [0.4, 0.5) is 0 Å². The lowest BCUT2D eigenvalue weighted by molar-refractivity contribution is 0.122. The van der Waals surface area contributed by atoms with Gasteiger partial charge in [0.1, 0.15) is 4.21 Å². The quantitative estimate of drug-likeness (QED) is 0.597. The molecule has 0 spiro atoms. The molecule has 0 saturated carbocycles. The second-order valence-corrected chi connectivity index (χ2v) is 7.73. The van der Waals surface area contributed by atoms with Crippen molar-refractivity contribution in [3.05, 3.63) is 17.0 Å². The van der Waals surface area contributed by atoms with Crippen molar-refractivity contribution in [1.29, 1.82) is 0 Å². The van der Waals surface area contributed by atoms with E-state index >= 15 is 0 Å². The molecule has 0 bridgehead atoms. The van der Waals surface area contributed by atoms with Gasteiger partial charge < -0.3 is 15.4 Å². The summed E-state index contributed by atoms with van der Waals surface area (Å²) in [6, 6.07) is 3.42. The zero-order valence-electron chi connectivity index (χ0n) is 12.0. The van der Waals surface area contributed by atoms with E-state index in [1.165, 1.54) is 11.3 Å². The van der Waals surface area contributed by atoms with Gasteiger partial charge in [-0.1, -0.05) is 0 Å². The summed E-state index contributed by atoms with van der Waals surface area (Å²) in [6.07, 6.45) is 0.702. The molecule has 1 aromatic heterocycles. The van der Waals surface area contributed by atoms with Crippen molar-refractivity contribution in [2.45, 2.75) is 10.6 Å². The third kappa shape index (κ3) is 6.29. The van der Waals surface area contributed by atoms with E-state index in [1.54, 1.807) is 12.1 Å². The molecule has 20 heavy (non-hydrogen) atoms. The summed E-state index contributed by atoms with van der Waals surface area (Å²) in [5.74, 6) is 0. The smallest absolute Gasteiger partial charge is 0.250 e. The van der Waals surface area contributed by atoms with E-state index in [4.69, 9.17) is 10.5 Å². The fourth-order valence-electron chi connectivity index (χ4n) is 1.45. The number of hydrogen-bond donors (Lipinski definition) is 2. The molecular weight excluding hydrogens is 298 g/mol. The van der Waals surface area contributed by atoms with Crippen LogP contribution in [0.2, 0.25) is 0 Å². The van der Waals surface area contributed by atoms with Crippen molar-refractivity contribution >= 4 is 21.4 Å². The van der Waals surface area contributed by atoms with Crippen molar-refractivity contribution in [1.82, 2.24) is 9.62 Å². The Kier molecular flexibility index (Phi) is 7.63. The average molecular weight is 321 g/mol. The van der Waals surface area contributed by atoms with Gasteiger partial charge in [-0.05, 0) is 39.2 Å². The van der Waals surface area contributed by atoms with Gasteiger partial charge in [0, 0.05) is 18.0 Å². The van der Waals surface area contributed by atoms with Crippen LogP contribution in [0.5, 0.6) is 0 Å². The van der Waals surface area contributed by atoms with E-state index in [1.807, 2.05) is 19.0 Å². The normalized spacial score (nSPS) is 12.2. The lowest BCUT2D eigenvalue weighted by Crippen LogP contribution is -2.28. The van der Waals surface area contributed by atoms with Gasteiger partial charge in [0.2, 0.25) is 10.0 Å². The highest BCUT2D eigenvalue weighted by Crippen LogP contribution is 2.21. The summed E-state index contributed by atoms with van der Waals surface area (Å²) >= 11 is 1.26. The van der Waals surface area contributed by atoms with Crippen LogP contribution in [-0.4, -0.2) is 60.3 Å². The number of nitrogens with one attached hydrogen (secondary N) is 1. The number of hydrogen-bond acceptors (Lipinski definition) is 6. The highest BCUT2D eigenvalue weighted by atomic mass is 32.2. The molecule has 8 heteroatoms. The molecule has 1 heterocycles. The molecule has 116 valence electrons. The third-order valence-corrected chi connectivity index (χ3v) is 5.61. The Morgan fingerprint density at radius 1 is 1.35 bits per heavy atom. The SMILES string of the molecule is CN(C)CCOCCNS(=O)(=O)c1ccc(CCN)s1. The van der Waals surface area contributed by atoms with Crippen molar-refractivity contribution in [3.63, 3.8) is 0 Å². The van der Waals surface area contributed by atoms with E-state index in [-0.39, 0.29) is 6.54 Å². The first-order valence-electron chi connectivity index (χ1n) is 6.46. The summed E-state index contributed by atoms with van der Waals surface area (Å²) in [6.45, 7) is 2.58. The largest absolute Gasteiger partial charge is 0.379 e.